The number of carbonyl (C=O) groups is 1. The third-order valence-corrected chi connectivity index (χ3v) is 1.58. The number of carboxylic acids is 1. The summed E-state index contributed by atoms with van der Waals surface area (Å²) >= 11 is 0. The summed E-state index contributed by atoms with van der Waals surface area (Å²) < 4.78 is 0. The molecule has 0 saturated heterocycles. The van der Waals surface area contributed by atoms with E-state index in [1.54, 1.807) is 0 Å². The Bertz CT molecular complexity index is 175. The molecule has 0 aliphatic rings. The number of aliphatic carboxylic acids is 1. The molecule has 0 radical (unpaired) electrons. The van der Waals surface area contributed by atoms with Gasteiger partial charge in [0.05, 0.1) is 6.61 Å². The van der Waals surface area contributed by atoms with E-state index >= 15 is 0 Å². The van der Waals surface area contributed by atoms with Gasteiger partial charge in [-0.1, -0.05) is 0 Å². The normalized spacial score (nSPS) is 20.4. The second-order valence-corrected chi connectivity index (χ2v) is 2.60. The fourth-order valence-electron chi connectivity index (χ4n) is 0.694. The zero-order valence-corrected chi connectivity index (χ0v) is 6.74. The molecule has 0 aromatic carbocycles. The van der Waals surface area contributed by atoms with Gasteiger partial charge in [0.15, 0.2) is 0 Å². The molecule has 0 bridgehead atoms. The standard InChI is InChI=1S/C6H13NO6/c7-3(6(12)13)5(11)4(10)2(9)1-8/h2-5,8-11H,1,7H2,(H,12,13)/t2-,3+,4?,5?/m1/s1. The van der Waals surface area contributed by atoms with Crippen molar-refractivity contribution in [1.82, 2.24) is 0 Å². The minimum atomic E-state index is -1.82. The van der Waals surface area contributed by atoms with Crippen LogP contribution in [0.25, 0.3) is 0 Å². The monoisotopic (exact) mass is 195 g/mol. The van der Waals surface area contributed by atoms with E-state index in [2.05, 4.69) is 0 Å². The maximum absolute atomic E-state index is 10.2. The molecule has 7 heteroatoms. The van der Waals surface area contributed by atoms with Gasteiger partial charge >= 0.3 is 5.97 Å². The molecule has 7 N–H and O–H groups in total. The first-order chi connectivity index (χ1) is 5.91. The number of carboxylic acid groups (broad SMARTS) is 1. The summed E-state index contributed by atoms with van der Waals surface area (Å²) in [6.45, 7) is -0.787. The zero-order valence-electron chi connectivity index (χ0n) is 6.74. The number of hydrogen-bond donors (Lipinski definition) is 6. The highest BCUT2D eigenvalue weighted by Gasteiger charge is 2.32. The molecule has 0 heterocycles. The van der Waals surface area contributed by atoms with E-state index in [9.17, 15) is 4.79 Å². The summed E-state index contributed by atoms with van der Waals surface area (Å²) in [4.78, 5) is 10.2. The van der Waals surface area contributed by atoms with E-state index in [0.717, 1.165) is 0 Å². The minimum absolute atomic E-state index is 0.787. The average Bonchev–Trinajstić information content (AvgIpc) is 2.12. The number of aliphatic hydroxyl groups is 4. The van der Waals surface area contributed by atoms with Crippen molar-refractivity contribution in [1.29, 1.82) is 0 Å². The minimum Gasteiger partial charge on any atom is -0.480 e. The van der Waals surface area contributed by atoms with Crippen molar-refractivity contribution in [2.45, 2.75) is 24.4 Å². The summed E-state index contributed by atoms with van der Waals surface area (Å²) in [5.74, 6) is -1.50. The Hall–Kier alpha value is -0.730. The number of nitrogens with two attached hydrogens (primary N) is 1. The predicted molar refractivity (Wildman–Crippen MR) is 40.7 cm³/mol. The van der Waals surface area contributed by atoms with Crippen LogP contribution in [0.1, 0.15) is 0 Å². The SMILES string of the molecule is N[C@H](C(=O)O)C(O)C(O)[C@H](O)CO. The van der Waals surface area contributed by atoms with Crippen LogP contribution in [0.3, 0.4) is 0 Å². The maximum Gasteiger partial charge on any atom is 0.323 e. The van der Waals surface area contributed by atoms with Gasteiger partial charge in [0.25, 0.3) is 0 Å². The Kier molecular flexibility index (Phi) is 4.81. The van der Waals surface area contributed by atoms with E-state index in [-0.39, 0.29) is 0 Å². The summed E-state index contributed by atoms with van der Waals surface area (Å²) in [5, 5.41) is 43.5. The van der Waals surface area contributed by atoms with Gasteiger partial charge < -0.3 is 31.3 Å². The fraction of sp³-hybridized carbons (Fsp3) is 0.833. The highest BCUT2D eigenvalue weighted by Crippen LogP contribution is 2.03. The molecule has 0 rings (SSSR count). The molecular weight excluding hydrogens is 182 g/mol. The van der Waals surface area contributed by atoms with Crippen LogP contribution in [0.15, 0.2) is 0 Å². The molecule has 0 aliphatic carbocycles. The van der Waals surface area contributed by atoms with Crippen LogP contribution in [0, 0.1) is 0 Å². The van der Waals surface area contributed by atoms with Gasteiger partial charge in [0, 0.05) is 0 Å². The number of rotatable bonds is 5. The molecule has 0 aromatic rings. The second kappa shape index (κ2) is 5.10. The molecule has 0 fully saturated rings. The van der Waals surface area contributed by atoms with E-state index in [1.165, 1.54) is 0 Å². The van der Waals surface area contributed by atoms with E-state index < -0.39 is 36.9 Å². The van der Waals surface area contributed by atoms with E-state index in [1.807, 2.05) is 0 Å². The van der Waals surface area contributed by atoms with Crippen molar-refractivity contribution in [2.75, 3.05) is 6.61 Å². The lowest BCUT2D eigenvalue weighted by Gasteiger charge is -2.23. The van der Waals surface area contributed by atoms with E-state index in [0.29, 0.717) is 0 Å². The molecule has 0 aromatic heterocycles. The third kappa shape index (κ3) is 3.25. The van der Waals surface area contributed by atoms with Crippen LogP contribution in [0.2, 0.25) is 0 Å². The molecule has 4 atom stereocenters. The Morgan fingerprint density at radius 3 is 2.00 bits per heavy atom. The maximum atomic E-state index is 10.2. The second-order valence-electron chi connectivity index (χ2n) is 2.60. The van der Waals surface area contributed by atoms with Crippen LogP contribution in [0.5, 0.6) is 0 Å². The van der Waals surface area contributed by atoms with Crippen molar-refractivity contribution in [3.63, 3.8) is 0 Å². The molecule has 78 valence electrons. The fourth-order valence-corrected chi connectivity index (χ4v) is 0.694. The van der Waals surface area contributed by atoms with Crippen molar-refractivity contribution in [3.8, 4) is 0 Å². The van der Waals surface area contributed by atoms with Crippen molar-refractivity contribution in [3.05, 3.63) is 0 Å². The topological polar surface area (TPSA) is 144 Å². The van der Waals surface area contributed by atoms with Gasteiger partial charge in [-0.05, 0) is 0 Å². The molecule has 7 nitrogen and oxygen atoms in total. The van der Waals surface area contributed by atoms with Crippen LogP contribution in [-0.2, 0) is 4.79 Å². The highest BCUT2D eigenvalue weighted by molar-refractivity contribution is 5.74. The quantitative estimate of drug-likeness (QED) is 0.266. The summed E-state index contributed by atoms with van der Waals surface area (Å²) in [6.07, 6.45) is -5.21. The van der Waals surface area contributed by atoms with Gasteiger partial charge in [-0.15, -0.1) is 0 Å². The van der Waals surface area contributed by atoms with Gasteiger partial charge in [-0.25, -0.2) is 0 Å². The summed E-state index contributed by atoms with van der Waals surface area (Å²) in [7, 11) is 0. The average molecular weight is 195 g/mol. The summed E-state index contributed by atoms with van der Waals surface area (Å²) in [6, 6.07) is -1.70. The number of aliphatic hydroxyl groups excluding tert-OH is 4. The number of hydrogen-bond acceptors (Lipinski definition) is 6. The Morgan fingerprint density at radius 2 is 1.69 bits per heavy atom. The first kappa shape index (κ1) is 12.3. The van der Waals surface area contributed by atoms with Crippen LogP contribution in [0.4, 0.5) is 0 Å². The first-order valence-corrected chi connectivity index (χ1v) is 3.55. The lowest BCUT2D eigenvalue weighted by Crippen LogP contribution is -2.52. The Balaban J connectivity index is 4.24. The highest BCUT2D eigenvalue weighted by atomic mass is 16.4. The molecule has 0 aliphatic heterocycles. The third-order valence-electron chi connectivity index (χ3n) is 1.58. The smallest absolute Gasteiger partial charge is 0.323 e. The van der Waals surface area contributed by atoms with Gasteiger partial charge in [0.1, 0.15) is 24.4 Å². The lowest BCUT2D eigenvalue weighted by atomic mass is 10.0. The predicted octanol–water partition coefficient (Wildman–Crippen LogP) is -3.53. The zero-order chi connectivity index (χ0) is 10.6. The van der Waals surface area contributed by atoms with Crippen LogP contribution >= 0.6 is 0 Å². The van der Waals surface area contributed by atoms with Crippen molar-refractivity contribution < 1.29 is 30.3 Å². The van der Waals surface area contributed by atoms with Crippen molar-refractivity contribution in [2.24, 2.45) is 5.73 Å². The van der Waals surface area contributed by atoms with E-state index in [4.69, 9.17) is 31.3 Å². The van der Waals surface area contributed by atoms with Gasteiger partial charge in [-0.3, -0.25) is 4.79 Å². The molecule has 13 heavy (non-hydrogen) atoms. The van der Waals surface area contributed by atoms with Crippen molar-refractivity contribution >= 4 is 5.97 Å². The Labute approximate surface area is 74.0 Å². The van der Waals surface area contributed by atoms with Gasteiger partial charge in [0.2, 0.25) is 0 Å². The largest absolute Gasteiger partial charge is 0.480 e. The van der Waals surface area contributed by atoms with Gasteiger partial charge in [-0.2, -0.15) is 0 Å². The van der Waals surface area contributed by atoms with Crippen LogP contribution < -0.4 is 5.73 Å². The molecule has 0 spiro atoms. The molecule has 0 saturated carbocycles. The Morgan fingerprint density at radius 1 is 1.23 bits per heavy atom. The summed E-state index contributed by atoms with van der Waals surface area (Å²) in [5.41, 5.74) is 4.95. The molecule has 0 amide bonds. The first-order valence-electron chi connectivity index (χ1n) is 3.55. The lowest BCUT2D eigenvalue weighted by molar-refractivity contribution is -0.146. The molecular formula is C6H13NO6. The molecule has 2 unspecified atom stereocenters. The van der Waals surface area contributed by atoms with Crippen LogP contribution in [-0.4, -0.2) is 62.5 Å².